The van der Waals surface area contributed by atoms with Gasteiger partial charge in [-0.25, -0.2) is 14.8 Å². The highest BCUT2D eigenvalue weighted by atomic mass is 16.6. The maximum atomic E-state index is 11.3. The summed E-state index contributed by atoms with van der Waals surface area (Å²) < 4.78 is 4.58. The van der Waals surface area contributed by atoms with Gasteiger partial charge in [-0.2, -0.15) is 0 Å². The Balaban J connectivity index is 2.10. The summed E-state index contributed by atoms with van der Waals surface area (Å²) in [5.41, 5.74) is 0.880. The van der Waals surface area contributed by atoms with Crippen molar-refractivity contribution in [3.63, 3.8) is 0 Å². The minimum Gasteiger partial charge on any atom is -0.465 e. The topological polar surface area (TPSA) is 107 Å². The molecular formula is C12H10N4O4. The SMILES string of the molecule is COC(=O)c1ccc(Nc2ncc([N+](=O)[O-])cn2)cc1. The van der Waals surface area contributed by atoms with E-state index in [1.54, 1.807) is 24.3 Å². The molecule has 102 valence electrons. The van der Waals surface area contributed by atoms with Crippen molar-refractivity contribution in [1.82, 2.24) is 9.97 Å². The molecule has 8 heteroatoms. The number of ether oxygens (including phenoxy) is 1. The number of carbonyl (C=O) groups is 1. The Morgan fingerprint density at radius 1 is 1.25 bits per heavy atom. The average Bonchev–Trinajstić information content (AvgIpc) is 2.48. The Kier molecular flexibility index (Phi) is 3.85. The second-order valence-corrected chi connectivity index (χ2v) is 3.72. The maximum absolute atomic E-state index is 11.3. The van der Waals surface area contributed by atoms with Crippen LogP contribution in [0.2, 0.25) is 0 Å². The van der Waals surface area contributed by atoms with Crippen LogP contribution in [-0.2, 0) is 4.74 Å². The Bertz CT molecular complexity index is 625. The maximum Gasteiger partial charge on any atom is 0.337 e. The van der Waals surface area contributed by atoms with Gasteiger partial charge in [0.25, 0.3) is 0 Å². The first kappa shape index (κ1) is 13.4. The van der Waals surface area contributed by atoms with Crippen molar-refractivity contribution in [3.05, 3.63) is 52.3 Å². The number of carbonyl (C=O) groups excluding carboxylic acids is 1. The van der Waals surface area contributed by atoms with Crippen molar-refractivity contribution in [2.45, 2.75) is 0 Å². The number of esters is 1. The summed E-state index contributed by atoms with van der Waals surface area (Å²) in [5.74, 6) is -0.204. The number of anilines is 2. The first-order valence-corrected chi connectivity index (χ1v) is 5.52. The molecule has 0 saturated heterocycles. The third-order valence-electron chi connectivity index (χ3n) is 2.41. The molecule has 0 aliphatic heterocycles. The number of methoxy groups -OCH3 is 1. The van der Waals surface area contributed by atoms with E-state index in [4.69, 9.17) is 0 Å². The zero-order valence-electron chi connectivity index (χ0n) is 10.4. The van der Waals surface area contributed by atoms with E-state index in [1.807, 2.05) is 0 Å². The normalized spacial score (nSPS) is 9.85. The standard InChI is InChI=1S/C12H10N4O4/c1-20-11(17)8-2-4-9(5-3-8)15-12-13-6-10(7-14-12)16(18)19/h2-7H,1H3,(H,13,14,15). The first-order chi connectivity index (χ1) is 9.60. The summed E-state index contributed by atoms with van der Waals surface area (Å²) in [6.07, 6.45) is 2.22. The number of nitro groups is 1. The number of hydrogen-bond acceptors (Lipinski definition) is 7. The van der Waals surface area contributed by atoms with Gasteiger partial charge in [0.15, 0.2) is 0 Å². The van der Waals surface area contributed by atoms with Gasteiger partial charge in [-0.05, 0) is 24.3 Å². The van der Waals surface area contributed by atoms with Crippen molar-refractivity contribution >= 4 is 23.3 Å². The average molecular weight is 274 g/mol. The number of nitrogens with one attached hydrogen (secondary N) is 1. The lowest BCUT2D eigenvalue weighted by Crippen LogP contribution is -2.02. The van der Waals surface area contributed by atoms with Crippen LogP contribution in [0.15, 0.2) is 36.7 Å². The van der Waals surface area contributed by atoms with Gasteiger partial charge in [0.2, 0.25) is 5.95 Å². The van der Waals surface area contributed by atoms with Gasteiger partial charge in [0, 0.05) is 5.69 Å². The summed E-state index contributed by atoms with van der Waals surface area (Å²) in [6.45, 7) is 0. The van der Waals surface area contributed by atoms with Crippen LogP contribution in [0, 0.1) is 10.1 Å². The molecular weight excluding hydrogens is 264 g/mol. The van der Waals surface area contributed by atoms with Crippen molar-refractivity contribution in [2.24, 2.45) is 0 Å². The molecule has 1 heterocycles. The van der Waals surface area contributed by atoms with E-state index in [2.05, 4.69) is 20.0 Å². The van der Waals surface area contributed by atoms with Gasteiger partial charge >= 0.3 is 11.7 Å². The largest absolute Gasteiger partial charge is 0.465 e. The Morgan fingerprint density at radius 2 is 1.85 bits per heavy atom. The quantitative estimate of drug-likeness (QED) is 0.515. The molecule has 0 fully saturated rings. The van der Waals surface area contributed by atoms with Gasteiger partial charge in [-0.15, -0.1) is 0 Å². The van der Waals surface area contributed by atoms with Crippen LogP contribution in [0.25, 0.3) is 0 Å². The lowest BCUT2D eigenvalue weighted by Gasteiger charge is -2.05. The minimum absolute atomic E-state index is 0.184. The van der Waals surface area contributed by atoms with Gasteiger partial charge in [-0.1, -0.05) is 0 Å². The van der Waals surface area contributed by atoms with Crippen LogP contribution in [-0.4, -0.2) is 28.0 Å². The van der Waals surface area contributed by atoms with Crippen LogP contribution >= 0.6 is 0 Å². The number of rotatable bonds is 4. The van der Waals surface area contributed by atoms with E-state index in [1.165, 1.54) is 7.11 Å². The lowest BCUT2D eigenvalue weighted by atomic mass is 10.2. The Labute approximate surface area is 113 Å². The van der Waals surface area contributed by atoms with Crippen LogP contribution < -0.4 is 5.32 Å². The Hall–Kier alpha value is -3.03. The van der Waals surface area contributed by atoms with E-state index in [0.29, 0.717) is 11.3 Å². The molecule has 0 aliphatic rings. The fourth-order valence-corrected chi connectivity index (χ4v) is 1.42. The highest BCUT2D eigenvalue weighted by Crippen LogP contribution is 2.15. The molecule has 1 aromatic heterocycles. The molecule has 8 nitrogen and oxygen atoms in total. The van der Waals surface area contributed by atoms with Crippen molar-refractivity contribution in [2.75, 3.05) is 12.4 Å². The molecule has 20 heavy (non-hydrogen) atoms. The predicted octanol–water partition coefficient (Wildman–Crippen LogP) is 1.91. The van der Waals surface area contributed by atoms with Crippen LogP contribution in [0.5, 0.6) is 0 Å². The third-order valence-corrected chi connectivity index (χ3v) is 2.41. The molecule has 0 spiro atoms. The van der Waals surface area contributed by atoms with Gasteiger partial charge in [0.1, 0.15) is 12.4 Å². The molecule has 0 radical (unpaired) electrons. The summed E-state index contributed by atoms with van der Waals surface area (Å²) in [5, 5.41) is 13.3. The molecule has 0 bridgehead atoms. The van der Waals surface area contributed by atoms with Gasteiger partial charge in [-0.3, -0.25) is 10.1 Å². The zero-order valence-corrected chi connectivity index (χ0v) is 10.4. The van der Waals surface area contributed by atoms with E-state index in [9.17, 15) is 14.9 Å². The monoisotopic (exact) mass is 274 g/mol. The van der Waals surface area contributed by atoms with Crippen LogP contribution in [0.3, 0.4) is 0 Å². The molecule has 2 aromatic rings. The predicted molar refractivity (Wildman–Crippen MR) is 69.8 cm³/mol. The smallest absolute Gasteiger partial charge is 0.337 e. The summed E-state index contributed by atoms with van der Waals surface area (Å²) in [6, 6.07) is 6.47. The highest BCUT2D eigenvalue weighted by Gasteiger charge is 2.07. The molecule has 1 N–H and O–H groups in total. The van der Waals surface area contributed by atoms with Crippen LogP contribution in [0.4, 0.5) is 17.3 Å². The molecule has 0 atom stereocenters. The molecule has 0 saturated carbocycles. The van der Waals surface area contributed by atoms with Crippen molar-refractivity contribution < 1.29 is 14.5 Å². The zero-order chi connectivity index (χ0) is 14.5. The number of aromatic nitrogens is 2. The van der Waals surface area contributed by atoms with Gasteiger partial charge < -0.3 is 10.1 Å². The summed E-state index contributed by atoms with van der Waals surface area (Å²) in [7, 11) is 1.30. The van der Waals surface area contributed by atoms with E-state index in [0.717, 1.165) is 12.4 Å². The summed E-state index contributed by atoms with van der Waals surface area (Å²) >= 11 is 0. The molecule has 0 unspecified atom stereocenters. The van der Waals surface area contributed by atoms with Crippen molar-refractivity contribution in [3.8, 4) is 0 Å². The first-order valence-electron chi connectivity index (χ1n) is 5.52. The second-order valence-electron chi connectivity index (χ2n) is 3.72. The lowest BCUT2D eigenvalue weighted by molar-refractivity contribution is -0.385. The van der Waals surface area contributed by atoms with E-state index >= 15 is 0 Å². The molecule has 0 aliphatic carbocycles. The molecule has 2 rings (SSSR count). The van der Waals surface area contributed by atoms with E-state index < -0.39 is 10.9 Å². The second kappa shape index (κ2) is 5.74. The van der Waals surface area contributed by atoms with E-state index in [-0.39, 0.29) is 11.6 Å². The minimum atomic E-state index is -0.574. The number of hydrogen-bond donors (Lipinski definition) is 1. The number of benzene rings is 1. The fourth-order valence-electron chi connectivity index (χ4n) is 1.42. The van der Waals surface area contributed by atoms with Gasteiger partial charge in [0.05, 0.1) is 17.6 Å². The molecule has 1 aromatic carbocycles. The summed E-state index contributed by atoms with van der Waals surface area (Å²) in [4.78, 5) is 28.8. The highest BCUT2D eigenvalue weighted by molar-refractivity contribution is 5.89. The van der Waals surface area contributed by atoms with Crippen LogP contribution in [0.1, 0.15) is 10.4 Å². The third kappa shape index (κ3) is 3.05. The molecule has 0 amide bonds. The Morgan fingerprint density at radius 3 is 2.35 bits per heavy atom. The number of nitrogens with zero attached hydrogens (tertiary/aromatic N) is 3. The van der Waals surface area contributed by atoms with Crippen molar-refractivity contribution in [1.29, 1.82) is 0 Å². The fraction of sp³-hybridized carbons (Fsp3) is 0.0833.